The number of hydrogen-bond acceptors (Lipinski definition) is 5. The minimum absolute atomic E-state index is 0.116. The van der Waals surface area contributed by atoms with E-state index in [-0.39, 0.29) is 17.5 Å². The van der Waals surface area contributed by atoms with Gasteiger partial charge < -0.3 is 9.26 Å². The van der Waals surface area contributed by atoms with E-state index in [4.69, 9.17) is 9.26 Å². The van der Waals surface area contributed by atoms with Crippen LogP contribution in [0.15, 0.2) is 22.7 Å². The van der Waals surface area contributed by atoms with E-state index in [1.807, 2.05) is 0 Å². The number of carbonyl (C=O) groups is 1. The smallest absolute Gasteiger partial charge is 0.237 e. The molecule has 0 amide bonds. The first-order valence-electron chi connectivity index (χ1n) is 6.39. The lowest BCUT2D eigenvalue weighted by Crippen LogP contribution is -2.04. The molecular weight excluding hydrogens is 263 g/mol. The third-order valence-electron chi connectivity index (χ3n) is 3.45. The Hall–Kier alpha value is -2.24. The Bertz CT molecular complexity index is 654. The Labute approximate surface area is 114 Å². The van der Waals surface area contributed by atoms with Crippen LogP contribution in [0.5, 0.6) is 5.75 Å². The molecule has 1 aliphatic carbocycles. The van der Waals surface area contributed by atoms with Gasteiger partial charge in [0, 0.05) is 12.0 Å². The maximum atomic E-state index is 13.4. The fourth-order valence-corrected chi connectivity index (χ4v) is 2.37. The third kappa shape index (κ3) is 2.17. The molecule has 0 saturated heterocycles. The van der Waals surface area contributed by atoms with Gasteiger partial charge in [-0.15, -0.1) is 0 Å². The maximum Gasteiger partial charge on any atom is 0.237 e. The average molecular weight is 276 g/mol. The van der Waals surface area contributed by atoms with Crippen LogP contribution < -0.4 is 4.74 Å². The van der Waals surface area contributed by atoms with Gasteiger partial charge in [-0.25, -0.2) is 4.39 Å². The number of halogens is 1. The van der Waals surface area contributed by atoms with Gasteiger partial charge in [0.1, 0.15) is 5.78 Å². The molecule has 1 aromatic heterocycles. The van der Waals surface area contributed by atoms with E-state index in [0.717, 1.165) is 12.8 Å². The van der Waals surface area contributed by atoms with E-state index in [9.17, 15) is 9.18 Å². The first-order chi connectivity index (χ1) is 9.69. The molecule has 1 unspecified atom stereocenters. The number of benzene rings is 1. The van der Waals surface area contributed by atoms with Crippen LogP contribution in [0.3, 0.4) is 0 Å². The lowest BCUT2D eigenvalue weighted by molar-refractivity contribution is -0.119. The van der Waals surface area contributed by atoms with Crippen LogP contribution in [0.4, 0.5) is 4.39 Å². The minimum Gasteiger partial charge on any atom is -0.494 e. The lowest BCUT2D eigenvalue weighted by Gasteiger charge is -2.02. The second-order valence-corrected chi connectivity index (χ2v) is 4.72. The number of carbonyl (C=O) groups excluding carboxylic acids is 1. The van der Waals surface area contributed by atoms with Crippen molar-refractivity contribution in [3.05, 3.63) is 29.9 Å². The van der Waals surface area contributed by atoms with Gasteiger partial charge >= 0.3 is 0 Å². The Morgan fingerprint density at radius 1 is 1.45 bits per heavy atom. The summed E-state index contributed by atoms with van der Waals surface area (Å²) in [5, 5.41) is 3.85. The number of rotatable bonds is 3. The largest absolute Gasteiger partial charge is 0.494 e. The SMILES string of the molecule is COc1cc(-c2noc(C3CCCC3=O)n2)ccc1F. The number of methoxy groups -OCH3 is 1. The van der Waals surface area contributed by atoms with Crippen LogP contribution >= 0.6 is 0 Å². The number of nitrogens with zero attached hydrogens (tertiary/aromatic N) is 2. The predicted molar refractivity (Wildman–Crippen MR) is 67.8 cm³/mol. The summed E-state index contributed by atoms with van der Waals surface area (Å²) in [7, 11) is 1.39. The van der Waals surface area contributed by atoms with Crippen molar-refractivity contribution in [2.24, 2.45) is 0 Å². The Morgan fingerprint density at radius 3 is 3.00 bits per heavy atom. The zero-order valence-electron chi connectivity index (χ0n) is 10.9. The first-order valence-corrected chi connectivity index (χ1v) is 6.39. The van der Waals surface area contributed by atoms with Crippen molar-refractivity contribution in [3.63, 3.8) is 0 Å². The lowest BCUT2D eigenvalue weighted by atomic mass is 10.1. The zero-order valence-corrected chi connectivity index (χ0v) is 10.9. The van der Waals surface area contributed by atoms with Gasteiger partial charge in [-0.3, -0.25) is 4.79 Å². The van der Waals surface area contributed by atoms with Crippen molar-refractivity contribution in [1.82, 2.24) is 10.1 Å². The molecule has 0 radical (unpaired) electrons. The van der Waals surface area contributed by atoms with Crippen molar-refractivity contribution < 1.29 is 18.4 Å². The summed E-state index contributed by atoms with van der Waals surface area (Å²) >= 11 is 0. The summed E-state index contributed by atoms with van der Waals surface area (Å²) in [6.07, 6.45) is 2.16. The van der Waals surface area contributed by atoms with Crippen molar-refractivity contribution in [1.29, 1.82) is 0 Å². The fraction of sp³-hybridized carbons (Fsp3) is 0.357. The van der Waals surface area contributed by atoms with E-state index >= 15 is 0 Å². The van der Waals surface area contributed by atoms with Gasteiger partial charge in [-0.05, 0) is 31.0 Å². The highest BCUT2D eigenvalue weighted by atomic mass is 19.1. The van der Waals surface area contributed by atoms with Crippen LogP contribution in [0.25, 0.3) is 11.4 Å². The molecule has 1 saturated carbocycles. The first kappa shape index (κ1) is 12.8. The molecule has 1 heterocycles. The van der Waals surface area contributed by atoms with E-state index in [2.05, 4.69) is 10.1 Å². The van der Waals surface area contributed by atoms with Gasteiger partial charge in [-0.1, -0.05) is 5.16 Å². The van der Waals surface area contributed by atoms with Gasteiger partial charge in [0.15, 0.2) is 11.6 Å². The summed E-state index contributed by atoms with van der Waals surface area (Å²) in [5.74, 6) is 0.177. The van der Waals surface area contributed by atoms with Gasteiger partial charge in [0.05, 0.1) is 13.0 Å². The molecule has 6 heteroatoms. The summed E-state index contributed by atoms with van der Waals surface area (Å²) in [6, 6.07) is 4.33. The molecule has 20 heavy (non-hydrogen) atoms. The van der Waals surface area contributed by atoms with Crippen molar-refractivity contribution in [2.75, 3.05) is 7.11 Å². The van der Waals surface area contributed by atoms with Crippen LogP contribution in [0, 0.1) is 5.82 Å². The maximum absolute atomic E-state index is 13.4. The van der Waals surface area contributed by atoms with Crippen LogP contribution in [-0.2, 0) is 4.79 Å². The fourth-order valence-electron chi connectivity index (χ4n) is 2.37. The van der Waals surface area contributed by atoms with E-state index < -0.39 is 5.82 Å². The molecule has 0 spiro atoms. The number of aromatic nitrogens is 2. The summed E-state index contributed by atoms with van der Waals surface area (Å²) in [4.78, 5) is 15.9. The molecule has 0 bridgehead atoms. The highest BCUT2D eigenvalue weighted by molar-refractivity contribution is 5.86. The average Bonchev–Trinajstić information content (AvgIpc) is 3.08. The molecule has 0 aliphatic heterocycles. The summed E-state index contributed by atoms with van der Waals surface area (Å²) in [6.45, 7) is 0. The Kier molecular flexibility index (Phi) is 3.22. The molecule has 1 aromatic carbocycles. The highest BCUT2D eigenvalue weighted by Crippen LogP contribution is 2.32. The third-order valence-corrected chi connectivity index (χ3v) is 3.45. The van der Waals surface area contributed by atoms with Crippen LogP contribution in [-0.4, -0.2) is 23.0 Å². The number of hydrogen-bond donors (Lipinski definition) is 0. The van der Waals surface area contributed by atoms with Gasteiger partial charge in [0.25, 0.3) is 0 Å². The normalized spacial score (nSPS) is 18.5. The number of ketones is 1. The topological polar surface area (TPSA) is 65.2 Å². The Balaban J connectivity index is 1.92. The standard InChI is InChI=1S/C14H13FN2O3/c1-19-12-7-8(5-6-10(12)15)13-16-14(20-17-13)9-3-2-4-11(9)18/h5-7,9H,2-4H2,1H3. The molecule has 1 atom stereocenters. The number of ether oxygens (including phenoxy) is 1. The molecule has 104 valence electrons. The van der Waals surface area contributed by atoms with Crippen molar-refractivity contribution in [2.45, 2.75) is 25.2 Å². The van der Waals surface area contributed by atoms with Crippen LogP contribution in [0.1, 0.15) is 31.1 Å². The van der Waals surface area contributed by atoms with E-state index in [1.54, 1.807) is 6.07 Å². The molecule has 2 aromatic rings. The molecular formula is C14H13FN2O3. The van der Waals surface area contributed by atoms with E-state index in [1.165, 1.54) is 19.2 Å². The predicted octanol–water partition coefficient (Wildman–Crippen LogP) is 2.72. The quantitative estimate of drug-likeness (QED) is 0.862. The van der Waals surface area contributed by atoms with Crippen LogP contribution in [0.2, 0.25) is 0 Å². The zero-order chi connectivity index (χ0) is 14.1. The van der Waals surface area contributed by atoms with Gasteiger partial charge in [-0.2, -0.15) is 4.98 Å². The second-order valence-electron chi connectivity index (χ2n) is 4.72. The molecule has 0 N–H and O–H groups in total. The molecule has 3 rings (SSSR count). The summed E-state index contributed by atoms with van der Waals surface area (Å²) < 4.78 is 23.4. The summed E-state index contributed by atoms with van der Waals surface area (Å²) in [5.41, 5.74) is 0.587. The molecule has 1 fully saturated rings. The van der Waals surface area contributed by atoms with E-state index in [0.29, 0.717) is 23.7 Å². The second kappa shape index (κ2) is 5.03. The highest BCUT2D eigenvalue weighted by Gasteiger charge is 2.31. The molecule has 1 aliphatic rings. The van der Waals surface area contributed by atoms with Crippen molar-refractivity contribution >= 4 is 5.78 Å². The number of Topliss-reactive ketones (excluding diaryl/α,β-unsaturated/α-hetero) is 1. The monoisotopic (exact) mass is 276 g/mol. The minimum atomic E-state index is -0.453. The van der Waals surface area contributed by atoms with Crippen molar-refractivity contribution in [3.8, 4) is 17.1 Å². The molecule has 5 nitrogen and oxygen atoms in total. The Morgan fingerprint density at radius 2 is 2.30 bits per heavy atom. The van der Waals surface area contributed by atoms with Gasteiger partial charge in [0.2, 0.25) is 11.7 Å².